The minimum Gasteiger partial charge on any atom is -0.467 e. The van der Waals surface area contributed by atoms with Crippen LogP contribution in [0.4, 0.5) is 0 Å². The van der Waals surface area contributed by atoms with Crippen LogP contribution < -0.4 is 0 Å². The van der Waals surface area contributed by atoms with Gasteiger partial charge in [-0.1, -0.05) is 38.1 Å². The lowest BCUT2D eigenvalue weighted by Crippen LogP contribution is -2.07. The fraction of sp³-hybridized carbons (Fsp3) is 0.588. The molecule has 0 aromatic heterocycles. The molecule has 120 valence electrons. The lowest BCUT2D eigenvalue weighted by Gasteiger charge is -2.08. The van der Waals surface area contributed by atoms with Gasteiger partial charge in [-0.2, -0.15) is 11.8 Å². The zero-order valence-electron chi connectivity index (χ0n) is 13.8. The van der Waals surface area contributed by atoms with Crippen LogP contribution in [0.25, 0.3) is 0 Å². The van der Waals surface area contributed by atoms with E-state index in [1.54, 1.807) is 11.1 Å². The number of hydrogen-bond donors (Lipinski definition) is 0. The van der Waals surface area contributed by atoms with Gasteiger partial charge in [0.25, 0.3) is 0 Å². The van der Waals surface area contributed by atoms with Crippen molar-refractivity contribution in [3.05, 3.63) is 35.4 Å². The van der Waals surface area contributed by atoms with Crippen LogP contribution in [-0.4, -0.2) is 38.8 Å². The van der Waals surface area contributed by atoms with Crippen molar-refractivity contribution < 1.29 is 14.3 Å². The number of ether oxygens (including phenoxy) is 2. The first kappa shape index (κ1) is 20.0. The fourth-order valence-electron chi connectivity index (χ4n) is 2.20. The molecule has 1 atom stereocenters. The second kappa shape index (κ2) is 12.7. The molecular weight excluding hydrogens is 284 g/mol. The molecule has 0 aliphatic heterocycles. The van der Waals surface area contributed by atoms with Crippen LogP contribution in [0.2, 0.25) is 0 Å². The summed E-state index contributed by atoms with van der Waals surface area (Å²) < 4.78 is 8.65. The zero-order valence-corrected chi connectivity index (χ0v) is 14.7. The van der Waals surface area contributed by atoms with Gasteiger partial charge >= 0.3 is 5.97 Å². The van der Waals surface area contributed by atoms with E-state index in [0.717, 1.165) is 5.92 Å². The first-order valence-electron chi connectivity index (χ1n) is 7.35. The topological polar surface area (TPSA) is 35.5 Å². The molecule has 1 unspecified atom stereocenters. The predicted octanol–water partition coefficient (Wildman–Crippen LogP) is 3.91. The summed E-state index contributed by atoms with van der Waals surface area (Å²) in [6, 6.07) is 8.89. The molecule has 1 aromatic carbocycles. The highest BCUT2D eigenvalue weighted by atomic mass is 32.2. The van der Waals surface area contributed by atoms with Gasteiger partial charge in [0.05, 0.1) is 7.11 Å². The molecule has 0 heterocycles. The van der Waals surface area contributed by atoms with Crippen molar-refractivity contribution in [2.75, 3.05) is 32.8 Å². The van der Waals surface area contributed by atoms with Crippen molar-refractivity contribution in [3.8, 4) is 0 Å². The Kier molecular flexibility index (Phi) is 12.1. The minimum absolute atomic E-state index is 0.0382. The van der Waals surface area contributed by atoms with Gasteiger partial charge in [-0.3, -0.25) is 0 Å². The van der Waals surface area contributed by atoms with E-state index in [0.29, 0.717) is 0 Å². The second-order valence-electron chi connectivity index (χ2n) is 4.40. The zero-order chi connectivity index (χ0) is 16.1. The van der Waals surface area contributed by atoms with Gasteiger partial charge < -0.3 is 9.47 Å². The van der Waals surface area contributed by atoms with Crippen molar-refractivity contribution >= 4 is 17.7 Å². The smallest absolute Gasteiger partial charge is 0.331 e. The third kappa shape index (κ3) is 7.53. The molecule has 0 N–H and O–H groups in total. The largest absolute Gasteiger partial charge is 0.467 e. The number of carbonyl (C=O) groups excluding carboxylic acids is 1. The van der Waals surface area contributed by atoms with Crippen LogP contribution in [-0.2, 0) is 20.7 Å². The first-order chi connectivity index (χ1) is 10.2. The number of fused-ring (bicyclic) bond motifs is 1. The molecule has 0 radical (unpaired) electrons. The molecule has 1 aliphatic rings. The van der Waals surface area contributed by atoms with Crippen molar-refractivity contribution in [2.45, 2.75) is 32.6 Å². The van der Waals surface area contributed by atoms with Crippen LogP contribution in [0.15, 0.2) is 24.3 Å². The lowest BCUT2D eigenvalue weighted by molar-refractivity contribution is -0.144. The number of methoxy groups -OCH3 is 2. The molecule has 0 bridgehead atoms. The van der Waals surface area contributed by atoms with Gasteiger partial charge in [0.15, 0.2) is 0 Å². The van der Waals surface area contributed by atoms with E-state index in [1.165, 1.54) is 32.8 Å². The van der Waals surface area contributed by atoms with E-state index in [-0.39, 0.29) is 12.6 Å². The summed E-state index contributed by atoms with van der Waals surface area (Å²) in [7, 11) is 2.76. The molecule has 0 saturated heterocycles. The lowest BCUT2D eigenvalue weighted by atomic mass is 10.0. The quantitative estimate of drug-likeness (QED) is 0.790. The van der Waals surface area contributed by atoms with E-state index in [2.05, 4.69) is 40.0 Å². The Bertz CT molecular complexity index is 391. The maximum absolute atomic E-state index is 10.1. The summed E-state index contributed by atoms with van der Waals surface area (Å²) in [6.45, 7) is 4.04. The van der Waals surface area contributed by atoms with Crippen molar-refractivity contribution in [2.24, 2.45) is 0 Å². The second-order valence-corrected chi connectivity index (χ2v) is 5.31. The van der Waals surface area contributed by atoms with E-state index < -0.39 is 0 Å². The molecule has 0 saturated carbocycles. The van der Waals surface area contributed by atoms with E-state index in [9.17, 15) is 4.79 Å². The van der Waals surface area contributed by atoms with Crippen molar-refractivity contribution in [1.82, 2.24) is 0 Å². The van der Waals surface area contributed by atoms with Crippen molar-refractivity contribution in [1.29, 1.82) is 0 Å². The number of hydrogen-bond acceptors (Lipinski definition) is 4. The van der Waals surface area contributed by atoms with Crippen LogP contribution in [0.3, 0.4) is 0 Å². The minimum atomic E-state index is -0.345. The number of esters is 1. The third-order valence-electron chi connectivity index (χ3n) is 3.11. The molecule has 1 aliphatic carbocycles. The third-order valence-corrected chi connectivity index (χ3v) is 3.85. The summed E-state index contributed by atoms with van der Waals surface area (Å²) in [5.41, 5.74) is 3.18. The molecule has 0 amide bonds. The molecule has 4 heteroatoms. The highest BCUT2D eigenvalue weighted by Gasteiger charge is 2.20. The Balaban J connectivity index is 0.000000385. The first-order valence-corrected chi connectivity index (χ1v) is 8.74. The van der Waals surface area contributed by atoms with E-state index >= 15 is 0 Å². The molecular formula is C17H28O3S. The Hall–Kier alpha value is -1.00. The summed E-state index contributed by atoms with van der Waals surface area (Å²) >= 11 is 1.96. The van der Waals surface area contributed by atoms with Crippen LogP contribution >= 0.6 is 11.8 Å². The molecule has 21 heavy (non-hydrogen) atoms. The van der Waals surface area contributed by atoms with Crippen LogP contribution in [0, 0.1) is 0 Å². The molecule has 2 rings (SSSR count). The standard InChI is InChI=1S/C11H14S.C4H8O3.C2H6/c1-12-8-10-7-6-9-4-2-3-5-11(9)10;1-6-3-4(5)7-2;1-2/h2-5,10H,6-8H2,1H3;3H2,1-2H3;1-2H3. The number of benzene rings is 1. The van der Waals surface area contributed by atoms with Gasteiger partial charge in [0, 0.05) is 7.11 Å². The molecule has 1 aromatic rings. The van der Waals surface area contributed by atoms with Gasteiger partial charge in [-0.05, 0) is 41.9 Å². The fourth-order valence-corrected chi connectivity index (χ4v) is 2.95. The normalized spacial score (nSPS) is 15.0. The average molecular weight is 312 g/mol. The van der Waals surface area contributed by atoms with Gasteiger partial charge in [-0.25, -0.2) is 4.79 Å². The number of aryl methyl sites for hydroxylation is 1. The van der Waals surface area contributed by atoms with Crippen LogP contribution in [0.1, 0.15) is 37.3 Å². The van der Waals surface area contributed by atoms with E-state index in [4.69, 9.17) is 0 Å². The number of thioether (sulfide) groups is 1. The summed E-state index contributed by atoms with van der Waals surface area (Å²) in [6.07, 6.45) is 4.85. The average Bonchev–Trinajstić information content (AvgIpc) is 2.94. The highest BCUT2D eigenvalue weighted by molar-refractivity contribution is 7.98. The van der Waals surface area contributed by atoms with Gasteiger partial charge in [0.2, 0.25) is 0 Å². The number of rotatable bonds is 4. The van der Waals surface area contributed by atoms with Gasteiger partial charge in [0.1, 0.15) is 6.61 Å². The Morgan fingerprint density at radius 2 is 1.95 bits per heavy atom. The Morgan fingerprint density at radius 1 is 1.29 bits per heavy atom. The monoisotopic (exact) mass is 312 g/mol. The Morgan fingerprint density at radius 3 is 2.48 bits per heavy atom. The Labute approximate surface area is 133 Å². The number of carbonyl (C=O) groups is 1. The molecule has 0 fully saturated rings. The van der Waals surface area contributed by atoms with Gasteiger partial charge in [-0.15, -0.1) is 0 Å². The van der Waals surface area contributed by atoms with Crippen LogP contribution in [0.5, 0.6) is 0 Å². The summed E-state index contributed by atoms with van der Waals surface area (Å²) in [5.74, 6) is 1.77. The summed E-state index contributed by atoms with van der Waals surface area (Å²) in [4.78, 5) is 10.1. The van der Waals surface area contributed by atoms with E-state index in [1.807, 2.05) is 25.6 Å². The highest BCUT2D eigenvalue weighted by Crippen LogP contribution is 2.34. The predicted molar refractivity (Wildman–Crippen MR) is 91.1 cm³/mol. The van der Waals surface area contributed by atoms with Crippen molar-refractivity contribution in [3.63, 3.8) is 0 Å². The summed E-state index contributed by atoms with van der Waals surface area (Å²) in [5, 5.41) is 0. The molecule has 0 spiro atoms. The molecule has 3 nitrogen and oxygen atoms in total. The SMILES string of the molecule is CC.COCC(=O)OC.CSCC1CCc2ccccc21. The maximum Gasteiger partial charge on any atom is 0.331 e. The maximum atomic E-state index is 10.1.